The monoisotopic (exact) mass is 264 g/mol. The van der Waals surface area contributed by atoms with E-state index >= 15 is 0 Å². The smallest absolute Gasteiger partial charge is 0.279 e. The van der Waals surface area contributed by atoms with Gasteiger partial charge in [0, 0.05) is 19.6 Å². The lowest BCUT2D eigenvalue weighted by Crippen LogP contribution is -2.48. The van der Waals surface area contributed by atoms with Gasteiger partial charge in [0.2, 0.25) is 0 Å². The van der Waals surface area contributed by atoms with Crippen LogP contribution in [-0.2, 0) is 10.2 Å². The minimum absolute atomic E-state index is 0.291. The Morgan fingerprint density at radius 3 is 2.35 bits per heavy atom. The SMILES string of the molecule is CC(O)CCNS(=O)(=O)N1CC(C)CC(C)C1. The molecule has 3 atom stereocenters. The lowest BCUT2D eigenvalue weighted by molar-refractivity contribution is 0.185. The summed E-state index contributed by atoms with van der Waals surface area (Å²) in [4.78, 5) is 0. The van der Waals surface area contributed by atoms with Gasteiger partial charge < -0.3 is 5.11 Å². The molecule has 5 nitrogen and oxygen atoms in total. The number of piperidine rings is 1. The average molecular weight is 264 g/mol. The van der Waals surface area contributed by atoms with Gasteiger partial charge in [-0.3, -0.25) is 0 Å². The predicted molar refractivity (Wildman–Crippen MR) is 67.7 cm³/mol. The second kappa shape index (κ2) is 6.13. The third-order valence-electron chi connectivity index (χ3n) is 3.02. The first kappa shape index (κ1) is 14.9. The first-order valence-electron chi connectivity index (χ1n) is 6.24. The Hall–Kier alpha value is -0.170. The highest BCUT2D eigenvalue weighted by atomic mass is 32.2. The summed E-state index contributed by atoms with van der Waals surface area (Å²) in [5, 5.41) is 9.10. The topological polar surface area (TPSA) is 69.6 Å². The highest BCUT2D eigenvalue weighted by Crippen LogP contribution is 2.22. The minimum Gasteiger partial charge on any atom is -0.393 e. The Morgan fingerprint density at radius 1 is 1.35 bits per heavy atom. The van der Waals surface area contributed by atoms with Crippen LogP contribution in [0.15, 0.2) is 0 Å². The third kappa shape index (κ3) is 4.91. The van der Waals surface area contributed by atoms with E-state index in [0.717, 1.165) is 6.42 Å². The van der Waals surface area contributed by atoms with Crippen molar-refractivity contribution in [3.8, 4) is 0 Å². The van der Waals surface area contributed by atoms with Crippen LogP contribution in [0.1, 0.15) is 33.6 Å². The molecule has 1 aliphatic heterocycles. The molecule has 0 aromatic carbocycles. The summed E-state index contributed by atoms with van der Waals surface area (Å²) in [6, 6.07) is 0. The van der Waals surface area contributed by atoms with Crippen molar-refractivity contribution in [2.75, 3.05) is 19.6 Å². The van der Waals surface area contributed by atoms with Gasteiger partial charge in [0.25, 0.3) is 10.2 Å². The van der Waals surface area contributed by atoms with Gasteiger partial charge in [0.05, 0.1) is 6.10 Å². The average Bonchev–Trinajstić information content (AvgIpc) is 2.14. The van der Waals surface area contributed by atoms with Gasteiger partial charge in [-0.15, -0.1) is 0 Å². The van der Waals surface area contributed by atoms with E-state index in [2.05, 4.69) is 18.6 Å². The summed E-state index contributed by atoms with van der Waals surface area (Å²) in [7, 11) is -3.37. The molecule has 1 rings (SSSR count). The molecule has 6 heteroatoms. The Kier molecular flexibility index (Phi) is 5.37. The van der Waals surface area contributed by atoms with Crippen molar-refractivity contribution in [2.24, 2.45) is 11.8 Å². The highest BCUT2D eigenvalue weighted by molar-refractivity contribution is 7.87. The zero-order chi connectivity index (χ0) is 13.1. The summed E-state index contributed by atoms with van der Waals surface area (Å²) in [6.45, 7) is 7.28. The Labute approximate surface area is 104 Å². The van der Waals surface area contributed by atoms with Crippen molar-refractivity contribution in [3.63, 3.8) is 0 Å². The lowest BCUT2D eigenvalue weighted by atomic mass is 9.94. The molecular formula is C11H24N2O3S. The van der Waals surface area contributed by atoms with E-state index in [4.69, 9.17) is 5.11 Å². The molecule has 102 valence electrons. The molecule has 1 aliphatic rings. The van der Waals surface area contributed by atoms with Crippen molar-refractivity contribution in [3.05, 3.63) is 0 Å². The fourth-order valence-corrected chi connectivity index (χ4v) is 3.75. The Morgan fingerprint density at radius 2 is 1.88 bits per heavy atom. The second-order valence-corrected chi connectivity index (χ2v) is 7.06. The first-order chi connectivity index (χ1) is 7.81. The summed E-state index contributed by atoms with van der Waals surface area (Å²) >= 11 is 0. The minimum atomic E-state index is -3.37. The largest absolute Gasteiger partial charge is 0.393 e. The van der Waals surface area contributed by atoms with Crippen LogP contribution < -0.4 is 4.72 Å². The van der Waals surface area contributed by atoms with E-state index in [0.29, 0.717) is 37.9 Å². The number of aliphatic hydroxyl groups is 1. The highest BCUT2D eigenvalue weighted by Gasteiger charge is 2.29. The quantitative estimate of drug-likeness (QED) is 0.763. The predicted octanol–water partition coefficient (Wildman–Crippen LogP) is 0.570. The van der Waals surface area contributed by atoms with Crippen LogP contribution in [0.25, 0.3) is 0 Å². The van der Waals surface area contributed by atoms with E-state index in [1.807, 2.05) is 0 Å². The van der Waals surface area contributed by atoms with Crippen LogP contribution in [-0.4, -0.2) is 43.6 Å². The summed E-state index contributed by atoms with van der Waals surface area (Å²) in [5.74, 6) is 0.819. The van der Waals surface area contributed by atoms with Gasteiger partial charge in [-0.05, 0) is 31.6 Å². The van der Waals surface area contributed by atoms with Crippen molar-refractivity contribution < 1.29 is 13.5 Å². The summed E-state index contributed by atoms with van der Waals surface area (Å²) < 4.78 is 28.0. The molecule has 1 fully saturated rings. The number of nitrogens with one attached hydrogen (secondary N) is 1. The maximum Gasteiger partial charge on any atom is 0.279 e. The van der Waals surface area contributed by atoms with Gasteiger partial charge >= 0.3 is 0 Å². The molecule has 1 saturated heterocycles. The molecule has 2 N–H and O–H groups in total. The van der Waals surface area contributed by atoms with Crippen LogP contribution in [0.5, 0.6) is 0 Å². The standard InChI is InChI=1S/C11H24N2O3S/c1-9-6-10(2)8-13(7-9)17(15,16)12-5-4-11(3)14/h9-12,14H,4-8H2,1-3H3. The van der Waals surface area contributed by atoms with Gasteiger partial charge in [0.15, 0.2) is 0 Å². The zero-order valence-electron chi connectivity index (χ0n) is 10.9. The zero-order valence-corrected chi connectivity index (χ0v) is 11.7. The van der Waals surface area contributed by atoms with E-state index in [1.54, 1.807) is 6.92 Å². The van der Waals surface area contributed by atoms with Gasteiger partial charge in [-0.2, -0.15) is 12.7 Å². The Bertz CT molecular complexity index is 320. The van der Waals surface area contributed by atoms with Crippen LogP contribution in [0.4, 0.5) is 0 Å². The number of rotatable bonds is 5. The molecule has 1 heterocycles. The normalized spacial score (nSPS) is 29.2. The van der Waals surface area contributed by atoms with E-state index in [-0.39, 0.29) is 0 Å². The number of hydrogen-bond donors (Lipinski definition) is 2. The molecular weight excluding hydrogens is 240 g/mol. The maximum absolute atomic E-state index is 12.0. The van der Waals surface area contributed by atoms with Crippen LogP contribution in [0.3, 0.4) is 0 Å². The van der Waals surface area contributed by atoms with Crippen molar-refractivity contribution in [2.45, 2.75) is 39.7 Å². The van der Waals surface area contributed by atoms with Gasteiger partial charge in [0.1, 0.15) is 0 Å². The fraction of sp³-hybridized carbons (Fsp3) is 1.00. The van der Waals surface area contributed by atoms with E-state index in [9.17, 15) is 8.42 Å². The van der Waals surface area contributed by atoms with Crippen molar-refractivity contribution in [1.82, 2.24) is 9.03 Å². The third-order valence-corrected chi connectivity index (χ3v) is 4.57. The molecule has 0 saturated carbocycles. The lowest BCUT2D eigenvalue weighted by Gasteiger charge is -2.34. The summed E-state index contributed by atoms with van der Waals surface area (Å²) in [6.07, 6.45) is 1.05. The molecule has 0 aromatic heterocycles. The van der Waals surface area contributed by atoms with E-state index < -0.39 is 16.3 Å². The molecule has 3 unspecified atom stereocenters. The fourth-order valence-electron chi connectivity index (χ4n) is 2.29. The Balaban J connectivity index is 2.51. The number of nitrogens with zero attached hydrogens (tertiary/aromatic N) is 1. The number of hydrogen-bond acceptors (Lipinski definition) is 3. The maximum atomic E-state index is 12.0. The number of aliphatic hydroxyl groups excluding tert-OH is 1. The molecule has 17 heavy (non-hydrogen) atoms. The molecule has 0 amide bonds. The van der Waals surface area contributed by atoms with E-state index in [1.165, 1.54) is 4.31 Å². The van der Waals surface area contributed by atoms with Crippen LogP contribution in [0.2, 0.25) is 0 Å². The molecule has 0 aliphatic carbocycles. The van der Waals surface area contributed by atoms with Crippen molar-refractivity contribution >= 4 is 10.2 Å². The second-order valence-electron chi connectivity index (χ2n) is 5.30. The van der Waals surface area contributed by atoms with Crippen LogP contribution in [0, 0.1) is 11.8 Å². The van der Waals surface area contributed by atoms with Gasteiger partial charge in [-0.1, -0.05) is 13.8 Å². The molecule has 0 bridgehead atoms. The molecule has 0 radical (unpaired) electrons. The molecule has 0 aromatic rings. The summed E-state index contributed by atoms with van der Waals surface area (Å²) in [5.41, 5.74) is 0. The first-order valence-corrected chi connectivity index (χ1v) is 7.68. The van der Waals surface area contributed by atoms with Gasteiger partial charge in [-0.25, -0.2) is 4.72 Å². The van der Waals surface area contributed by atoms with Crippen molar-refractivity contribution in [1.29, 1.82) is 0 Å². The molecule has 0 spiro atoms. The van der Waals surface area contributed by atoms with Crippen LogP contribution >= 0.6 is 0 Å².